The van der Waals surface area contributed by atoms with Crippen LogP contribution in [0.4, 0.5) is 0 Å². The van der Waals surface area contributed by atoms with Crippen molar-refractivity contribution in [3.05, 3.63) is 70.8 Å². The molecule has 1 N–H and O–H groups in total. The van der Waals surface area contributed by atoms with E-state index in [0.717, 1.165) is 13.0 Å². The van der Waals surface area contributed by atoms with Crippen molar-refractivity contribution in [1.29, 1.82) is 0 Å². The molecule has 0 amide bonds. The maximum Gasteiger partial charge on any atom is 0.0363 e. The molecule has 0 aromatic heterocycles. The van der Waals surface area contributed by atoms with Gasteiger partial charge in [-0.3, -0.25) is 0 Å². The molecule has 1 atom stereocenters. The highest BCUT2D eigenvalue weighted by Gasteiger charge is 2.19. The molecule has 86 valence electrons. The largest absolute Gasteiger partial charge is 0.306 e. The van der Waals surface area contributed by atoms with Crippen LogP contribution in [0.2, 0.25) is 0 Å². The Hall–Kier alpha value is -1.60. The van der Waals surface area contributed by atoms with Gasteiger partial charge in [0.1, 0.15) is 0 Å². The van der Waals surface area contributed by atoms with E-state index < -0.39 is 0 Å². The first-order chi connectivity index (χ1) is 8.34. The number of rotatable bonds is 1. The SMILES string of the molecule is Cc1cccc2c1CC(c1ccccc1)NC2. The highest BCUT2D eigenvalue weighted by Crippen LogP contribution is 2.27. The van der Waals surface area contributed by atoms with Crippen molar-refractivity contribution in [3.8, 4) is 0 Å². The van der Waals surface area contributed by atoms with Gasteiger partial charge in [0.05, 0.1) is 0 Å². The van der Waals surface area contributed by atoms with Gasteiger partial charge < -0.3 is 5.32 Å². The monoisotopic (exact) mass is 223 g/mol. The zero-order valence-electron chi connectivity index (χ0n) is 10.1. The third kappa shape index (κ3) is 1.98. The Balaban J connectivity index is 1.93. The molecule has 2 aromatic rings. The van der Waals surface area contributed by atoms with Gasteiger partial charge in [-0.25, -0.2) is 0 Å². The van der Waals surface area contributed by atoms with Gasteiger partial charge in [0, 0.05) is 12.6 Å². The third-order valence-electron chi connectivity index (χ3n) is 3.66. The van der Waals surface area contributed by atoms with E-state index in [-0.39, 0.29) is 0 Å². The molecule has 2 aromatic carbocycles. The number of nitrogens with one attached hydrogen (secondary N) is 1. The van der Waals surface area contributed by atoms with Crippen LogP contribution in [-0.2, 0) is 13.0 Å². The molecule has 1 unspecified atom stereocenters. The normalized spacial score (nSPS) is 18.8. The molecule has 17 heavy (non-hydrogen) atoms. The van der Waals surface area contributed by atoms with E-state index in [1.807, 2.05) is 0 Å². The van der Waals surface area contributed by atoms with Gasteiger partial charge in [0.15, 0.2) is 0 Å². The van der Waals surface area contributed by atoms with Crippen molar-refractivity contribution < 1.29 is 0 Å². The van der Waals surface area contributed by atoms with Crippen LogP contribution >= 0.6 is 0 Å². The molecule has 1 aliphatic rings. The molecule has 1 heteroatoms. The summed E-state index contributed by atoms with van der Waals surface area (Å²) in [6.45, 7) is 3.20. The minimum absolute atomic E-state index is 0.463. The summed E-state index contributed by atoms with van der Waals surface area (Å²) < 4.78 is 0. The van der Waals surface area contributed by atoms with Crippen molar-refractivity contribution in [2.24, 2.45) is 0 Å². The van der Waals surface area contributed by atoms with Crippen molar-refractivity contribution in [2.45, 2.75) is 25.9 Å². The Morgan fingerprint density at radius 3 is 2.65 bits per heavy atom. The van der Waals surface area contributed by atoms with Gasteiger partial charge >= 0.3 is 0 Å². The fourth-order valence-electron chi connectivity index (χ4n) is 2.65. The molecule has 1 aliphatic heterocycles. The van der Waals surface area contributed by atoms with Crippen molar-refractivity contribution in [2.75, 3.05) is 0 Å². The lowest BCUT2D eigenvalue weighted by Crippen LogP contribution is -2.28. The Kier molecular flexibility index (Phi) is 2.69. The second kappa shape index (κ2) is 4.34. The Labute approximate surface area is 102 Å². The first-order valence-corrected chi connectivity index (χ1v) is 6.20. The van der Waals surface area contributed by atoms with E-state index in [1.54, 1.807) is 0 Å². The van der Waals surface area contributed by atoms with Crippen LogP contribution < -0.4 is 5.32 Å². The first-order valence-electron chi connectivity index (χ1n) is 6.20. The summed E-state index contributed by atoms with van der Waals surface area (Å²) in [6, 6.07) is 17.8. The predicted molar refractivity (Wildman–Crippen MR) is 70.9 cm³/mol. The summed E-state index contributed by atoms with van der Waals surface area (Å²) in [5.74, 6) is 0. The maximum atomic E-state index is 3.62. The molecule has 0 aliphatic carbocycles. The lowest BCUT2D eigenvalue weighted by Gasteiger charge is -2.27. The first kappa shape index (κ1) is 10.5. The molecular weight excluding hydrogens is 206 g/mol. The molecule has 0 radical (unpaired) electrons. The molecular formula is C16H17N. The Morgan fingerprint density at radius 2 is 1.82 bits per heavy atom. The average molecular weight is 223 g/mol. The van der Waals surface area contributed by atoms with E-state index in [1.165, 1.54) is 22.3 Å². The van der Waals surface area contributed by atoms with Crippen LogP contribution in [-0.4, -0.2) is 0 Å². The minimum Gasteiger partial charge on any atom is -0.306 e. The van der Waals surface area contributed by atoms with E-state index in [9.17, 15) is 0 Å². The average Bonchev–Trinajstić information content (AvgIpc) is 2.40. The second-order valence-electron chi connectivity index (χ2n) is 4.76. The van der Waals surface area contributed by atoms with Crippen LogP contribution in [0.15, 0.2) is 48.5 Å². The van der Waals surface area contributed by atoms with Gasteiger partial charge in [-0.05, 0) is 35.6 Å². The zero-order valence-corrected chi connectivity index (χ0v) is 10.1. The highest BCUT2D eigenvalue weighted by atomic mass is 14.9. The summed E-state index contributed by atoms with van der Waals surface area (Å²) in [5, 5.41) is 3.62. The van der Waals surface area contributed by atoms with Crippen molar-refractivity contribution in [3.63, 3.8) is 0 Å². The second-order valence-corrected chi connectivity index (χ2v) is 4.76. The number of hydrogen-bond acceptors (Lipinski definition) is 1. The molecule has 0 bridgehead atoms. The highest BCUT2D eigenvalue weighted by molar-refractivity contribution is 5.38. The van der Waals surface area contributed by atoms with Gasteiger partial charge in [0.25, 0.3) is 0 Å². The summed E-state index contributed by atoms with van der Waals surface area (Å²) >= 11 is 0. The van der Waals surface area contributed by atoms with E-state index in [4.69, 9.17) is 0 Å². The summed E-state index contributed by atoms with van der Waals surface area (Å²) in [5.41, 5.74) is 5.80. The Bertz CT molecular complexity index is 516. The van der Waals surface area contributed by atoms with Crippen LogP contribution in [0.5, 0.6) is 0 Å². The predicted octanol–water partition coefficient (Wildman–Crippen LogP) is 3.38. The molecule has 3 rings (SSSR count). The van der Waals surface area contributed by atoms with E-state index >= 15 is 0 Å². The molecule has 0 fully saturated rings. The third-order valence-corrected chi connectivity index (χ3v) is 3.66. The lowest BCUT2D eigenvalue weighted by molar-refractivity contribution is 0.497. The topological polar surface area (TPSA) is 12.0 Å². The zero-order chi connectivity index (χ0) is 11.7. The Morgan fingerprint density at radius 1 is 1.00 bits per heavy atom. The van der Waals surface area contributed by atoms with Gasteiger partial charge in [-0.15, -0.1) is 0 Å². The molecule has 1 nitrogen and oxygen atoms in total. The fraction of sp³-hybridized carbons (Fsp3) is 0.250. The standard InChI is InChI=1S/C16H17N/c1-12-6-5-9-14-11-17-16(10-15(12)14)13-7-3-2-4-8-13/h2-9,16-17H,10-11H2,1H3. The van der Waals surface area contributed by atoms with Gasteiger partial charge in [-0.1, -0.05) is 48.5 Å². The number of fused-ring (bicyclic) bond motifs is 1. The van der Waals surface area contributed by atoms with Crippen LogP contribution in [0.1, 0.15) is 28.3 Å². The molecule has 1 heterocycles. The van der Waals surface area contributed by atoms with Crippen LogP contribution in [0.3, 0.4) is 0 Å². The fourth-order valence-corrected chi connectivity index (χ4v) is 2.65. The molecule has 0 spiro atoms. The molecule has 0 saturated heterocycles. The van der Waals surface area contributed by atoms with E-state index in [2.05, 4.69) is 60.8 Å². The summed E-state index contributed by atoms with van der Waals surface area (Å²) in [6.07, 6.45) is 1.10. The number of benzene rings is 2. The van der Waals surface area contributed by atoms with Crippen molar-refractivity contribution >= 4 is 0 Å². The maximum absolute atomic E-state index is 3.62. The minimum atomic E-state index is 0.463. The molecule has 0 saturated carbocycles. The van der Waals surface area contributed by atoms with E-state index in [0.29, 0.717) is 6.04 Å². The van der Waals surface area contributed by atoms with Gasteiger partial charge in [-0.2, -0.15) is 0 Å². The number of hydrogen-bond donors (Lipinski definition) is 1. The van der Waals surface area contributed by atoms with Crippen LogP contribution in [0, 0.1) is 6.92 Å². The smallest absolute Gasteiger partial charge is 0.0363 e. The van der Waals surface area contributed by atoms with Crippen molar-refractivity contribution in [1.82, 2.24) is 5.32 Å². The number of aryl methyl sites for hydroxylation is 1. The van der Waals surface area contributed by atoms with Gasteiger partial charge in [0.2, 0.25) is 0 Å². The summed E-state index contributed by atoms with van der Waals surface area (Å²) in [4.78, 5) is 0. The quantitative estimate of drug-likeness (QED) is 0.781. The van der Waals surface area contributed by atoms with Crippen LogP contribution in [0.25, 0.3) is 0 Å². The lowest BCUT2D eigenvalue weighted by atomic mass is 9.89. The summed E-state index contributed by atoms with van der Waals surface area (Å²) in [7, 11) is 0.